The number of rotatable bonds is 7. The lowest BCUT2D eigenvalue weighted by Crippen LogP contribution is -2.59. The molecule has 100 valence electrons. The minimum absolute atomic E-state index is 0.0756. The van der Waals surface area contributed by atoms with Gasteiger partial charge in [0.1, 0.15) is 0 Å². The van der Waals surface area contributed by atoms with Crippen LogP contribution in [0.2, 0.25) is 0 Å². The van der Waals surface area contributed by atoms with E-state index in [9.17, 15) is 0 Å². The molecule has 0 aromatic heterocycles. The van der Waals surface area contributed by atoms with Crippen LogP contribution in [0, 0.1) is 0 Å². The molecule has 1 aromatic rings. The van der Waals surface area contributed by atoms with Crippen molar-refractivity contribution in [2.75, 3.05) is 32.8 Å². The van der Waals surface area contributed by atoms with Crippen molar-refractivity contribution < 1.29 is 4.74 Å². The van der Waals surface area contributed by atoms with Gasteiger partial charge in [0.2, 0.25) is 0 Å². The SMILES string of the molecule is CCN(CCOC1(C)CNC1)Cc1ccccc1. The summed E-state index contributed by atoms with van der Waals surface area (Å²) in [5.41, 5.74) is 1.45. The molecule has 1 aliphatic rings. The fraction of sp³-hybridized carbons (Fsp3) is 0.600. The highest BCUT2D eigenvalue weighted by Crippen LogP contribution is 2.15. The molecule has 2 rings (SSSR count). The molecule has 18 heavy (non-hydrogen) atoms. The second-order valence-electron chi connectivity index (χ2n) is 5.26. The van der Waals surface area contributed by atoms with E-state index < -0.39 is 0 Å². The van der Waals surface area contributed by atoms with Crippen molar-refractivity contribution in [1.29, 1.82) is 0 Å². The summed E-state index contributed by atoms with van der Waals surface area (Å²) in [6.07, 6.45) is 0. The predicted molar refractivity (Wildman–Crippen MR) is 74.6 cm³/mol. The van der Waals surface area contributed by atoms with Gasteiger partial charge in [-0.25, -0.2) is 0 Å². The number of nitrogens with zero attached hydrogens (tertiary/aromatic N) is 1. The Morgan fingerprint density at radius 2 is 2.00 bits per heavy atom. The first kappa shape index (κ1) is 13.5. The molecule has 1 saturated heterocycles. The van der Waals surface area contributed by atoms with Crippen LogP contribution in [0.1, 0.15) is 19.4 Å². The summed E-state index contributed by atoms with van der Waals surface area (Å²) in [7, 11) is 0. The lowest BCUT2D eigenvalue weighted by molar-refractivity contribution is -0.0723. The monoisotopic (exact) mass is 248 g/mol. The Balaban J connectivity index is 1.72. The van der Waals surface area contributed by atoms with E-state index in [0.29, 0.717) is 0 Å². The second kappa shape index (κ2) is 6.32. The number of hydrogen-bond acceptors (Lipinski definition) is 3. The zero-order valence-electron chi connectivity index (χ0n) is 11.5. The van der Waals surface area contributed by atoms with Gasteiger partial charge in [0.05, 0.1) is 12.2 Å². The standard InChI is InChI=1S/C15H24N2O/c1-3-17(11-14-7-5-4-6-8-14)9-10-18-15(2)12-16-13-15/h4-8,16H,3,9-13H2,1-2H3. The fourth-order valence-corrected chi connectivity index (χ4v) is 2.19. The van der Waals surface area contributed by atoms with Crippen LogP contribution in [0.4, 0.5) is 0 Å². The molecule has 1 fully saturated rings. The van der Waals surface area contributed by atoms with Gasteiger partial charge in [-0.3, -0.25) is 4.90 Å². The molecule has 0 bridgehead atoms. The van der Waals surface area contributed by atoms with E-state index in [1.165, 1.54) is 5.56 Å². The molecule has 1 aliphatic heterocycles. The molecule has 0 aliphatic carbocycles. The van der Waals surface area contributed by atoms with Crippen LogP contribution in [0.5, 0.6) is 0 Å². The Bertz CT molecular complexity index is 349. The van der Waals surface area contributed by atoms with Gasteiger partial charge in [0, 0.05) is 26.2 Å². The van der Waals surface area contributed by atoms with Crippen molar-refractivity contribution in [2.45, 2.75) is 26.0 Å². The summed E-state index contributed by atoms with van der Waals surface area (Å²) in [6, 6.07) is 10.6. The Hall–Kier alpha value is -0.900. The minimum Gasteiger partial charge on any atom is -0.371 e. The summed E-state index contributed by atoms with van der Waals surface area (Å²) in [5.74, 6) is 0. The van der Waals surface area contributed by atoms with E-state index in [0.717, 1.165) is 39.3 Å². The van der Waals surface area contributed by atoms with Gasteiger partial charge in [0.25, 0.3) is 0 Å². The van der Waals surface area contributed by atoms with Crippen LogP contribution in [0.15, 0.2) is 30.3 Å². The van der Waals surface area contributed by atoms with Crippen LogP contribution in [0.3, 0.4) is 0 Å². The highest BCUT2D eigenvalue weighted by atomic mass is 16.5. The topological polar surface area (TPSA) is 24.5 Å². The first-order chi connectivity index (χ1) is 8.72. The molecule has 1 heterocycles. The molecule has 1 N–H and O–H groups in total. The molecule has 0 radical (unpaired) electrons. The van der Waals surface area contributed by atoms with Gasteiger partial charge in [0.15, 0.2) is 0 Å². The molecule has 1 aromatic carbocycles. The summed E-state index contributed by atoms with van der Waals surface area (Å²) in [5, 5.41) is 3.26. The molecular weight excluding hydrogens is 224 g/mol. The molecule has 0 amide bonds. The van der Waals surface area contributed by atoms with Crippen LogP contribution in [-0.4, -0.2) is 43.3 Å². The largest absolute Gasteiger partial charge is 0.371 e. The summed E-state index contributed by atoms with van der Waals surface area (Å²) in [4.78, 5) is 2.42. The van der Waals surface area contributed by atoms with Crippen molar-refractivity contribution >= 4 is 0 Å². The van der Waals surface area contributed by atoms with Crippen molar-refractivity contribution in [2.24, 2.45) is 0 Å². The first-order valence-corrected chi connectivity index (χ1v) is 6.83. The third-order valence-electron chi connectivity index (χ3n) is 3.55. The molecule has 3 heteroatoms. The number of benzene rings is 1. The molecular formula is C15H24N2O. The van der Waals surface area contributed by atoms with E-state index in [-0.39, 0.29) is 5.60 Å². The molecule has 0 spiro atoms. The molecule has 3 nitrogen and oxygen atoms in total. The van der Waals surface area contributed by atoms with E-state index >= 15 is 0 Å². The van der Waals surface area contributed by atoms with Crippen molar-refractivity contribution in [3.63, 3.8) is 0 Å². The Kier molecular flexibility index (Phi) is 4.75. The Morgan fingerprint density at radius 3 is 2.56 bits per heavy atom. The quantitative estimate of drug-likeness (QED) is 0.797. The number of nitrogens with one attached hydrogen (secondary N) is 1. The summed E-state index contributed by atoms with van der Waals surface area (Å²) < 4.78 is 5.93. The third-order valence-corrected chi connectivity index (χ3v) is 3.55. The number of likely N-dealkylation sites (N-methyl/N-ethyl adjacent to an activating group) is 1. The average Bonchev–Trinajstić information content (AvgIpc) is 2.37. The van der Waals surface area contributed by atoms with Gasteiger partial charge in [-0.05, 0) is 19.0 Å². The maximum atomic E-state index is 5.93. The van der Waals surface area contributed by atoms with Gasteiger partial charge in [-0.2, -0.15) is 0 Å². The van der Waals surface area contributed by atoms with E-state index in [1.54, 1.807) is 0 Å². The van der Waals surface area contributed by atoms with Gasteiger partial charge in [-0.15, -0.1) is 0 Å². The van der Waals surface area contributed by atoms with Crippen LogP contribution >= 0.6 is 0 Å². The van der Waals surface area contributed by atoms with Gasteiger partial charge in [-0.1, -0.05) is 37.3 Å². The summed E-state index contributed by atoms with van der Waals surface area (Å²) >= 11 is 0. The minimum atomic E-state index is 0.0756. The van der Waals surface area contributed by atoms with Crippen molar-refractivity contribution in [3.8, 4) is 0 Å². The number of hydrogen-bond donors (Lipinski definition) is 1. The maximum Gasteiger partial charge on any atom is 0.0902 e. The normalized spacial score (nSPS) is 17.7. The molecule has 0 unspecified atom stereocenters. The average molecular weight is 248 g/mol. The fourth-order valence-electron chi connectivity index (χ4n) is 2.19. The number of ether oxygens (including phenoxy) is 1. The van der Waals surface area contributed by atoms with Crippen molar-refractivity contribution in [3.05, 3.63) is 35.9 Å². The Labute approximate surface area is 110 Å². The predicted octanol–water partition coefficient (Wildman–Crippen LogP) is 1.89. The maximum absolute atomic E-state index is 5.93. The lowest BCUT2D eigenvalue weighted by Gasteiger charge is -2.39. The van der Waals surface area contributed by atoms with Gasteiger partial charge >= 0.3 is 0 Å². The highest BCUT2D eigenvalue weighted by molar-refractivity contribution is 5.14. The first-order valence-electron chi connectivity index (χ1n) is 6.83. The van der Waals surface area contributed by atoms with Crippen LogP contribution in [0.25, 0.3) is 0 Å². The van der Waals surface area contributed by atoms with Crippen molar-refractivity contribution in [1.82, 2.24) is 10.2 Å². The Morgan fingerprint density at radius 1 is 1.28 bits per heavy atom. The van der Waals surface area contributed by atoms with Crippen LogP contribution in [-0.2, 0) is 11.3 Å². The lowest BCUT2D eigenvalue weighted by atomic mass is 10.0. The zero-order valence-corrected chi connectivity index (χ0v) is 11.5. The smallest absolute Gasteiger partial charge is 0.0902 e. The van der Waals surface area contributed by atoms with Crippen LogP contribution < -0.4 is 5.32 Å². The highest BCUT2D eigenvalue weighted by Gasteiger charge is 2.32. The molecule has 0 atom stereocenters. The third kappa shape index (κ3) is 3.80. The van der Waals surface area contributed by atoms with Gasteiger partial charge < -0.3 is 10.1 Å². The van der Waals surface area contributed by atoms with E-state index in [2.05, 4.69) is 54.4 Å². The van der Waals surface area contributed by atoms with E-state index in [1.807, 2.05) is 0 Å². The second-order valence-corrected chi connectivity index (χ2v) is 5.26. The zero-order chi connectivity index (χ0) is 12.8. The van der Waals surface area contributed by atoms with E-state index in [4.69, 9.17) is 4.74 Å². The molecule has 0 saturated carbocycles. The summed E-state index contributed by atoms with van der Waals surface area (Å²) in [6.45, 7) is 10.2.